The Morgan fingerprint density at radius 3 is 2.77 bits per heavy atom. The van der Waals surface area contributed by atoms with Gasteiger partial charge < -0.3 is 16.0 Å². The van der Waals surface area contributed by atoms with Crippen molar-refractivity contribution in [3.8, 4) is 0 Å². The van der Waals surface area contributed by atoms with E-state index in [0.717, 1.165) is 22.4 Å². The van der Waals surface area contributed by atoms with Crippen LogP contribution in [0, 0.1) is 6.92 Å². The predicted molar refractivity (Wildman–Crippen MR) is 89.1 cm³/mol. The van der Waals surface area contributed by atoms with E-state index in [1.807, 2.05) is 33.1 Å². The Balaban J connectivity index is 2.24. The molecule has 1 aliphatic heterocycles. The fourth-order valence-corrected chi connectivity index (χ4v) is 3.91. The van der Waals surface area contributed by atoms with Crippen molar-refractivity contribution in [3.63, 3.8) is 0 Å². The van der Waals surface area contributed by atoms with Crippen molar-refractivity contribution >= 4 is 23.2 Å². The lowest BCUT2D eigenvalue weighted by atomic mass is 10.1. The minimum atomic E-state index is -0.463. The number of rotatable bonds is 4. The van der Waals surface area contributed by atoms with Gasteiger partial charge in [-0.1, -0.05) is 6.92 Å². The first kappa shape index (κ1) is 17.0. The summed E-state index contributed by atoms with van der Waals surface area (Å²) in [7, 11) is 0. The van der Waals surface area contributed by atoms with Gasteiger partial charge in [-0.3, -0.25) is 9.59 Å². The normalized spacial score (nSPS) is 21.5. The second-order valence-electron chi connectivity index (χ2n) is 6.17. The molecule has 1 aliphatic rings. The number of carbonyl (C=O) groups is 2. The van der Waals surface area contributed by atoms with Gasteiger partial charge in [0.25, 0.3) is 5.91 Å². The van der Waals surface area contributed by atoms with Crippen LogP contribution in [-0.2, 0) is 11.2 Å². The van der Waals surface area contributed by atoms with Crippen LogP contribution in [-0.4, -0.2) is 41.4 Å². The smallest absolute Gasteiger partial charge is 0.255 e. The molecule has 0 aromatic carbocycles. The molecule has 5 nitrogen and oxygen atoms in total. The molecule has 0 saturated carbocycles. The summed E-state index contributed by atoms with van der Waals surface area (Å²) in [4.78, 5) is 28.0. The summed E-state index contributed by atoms with van der Waals surface area (Å²) in [6.45, 7) is 8.34. The molecule has 1 saturated heterocycles. The second kappa shape index (κ2) is 6.79. The molecule has 2 atom stereocenters. The zero-order valence-corrected chi connectivity index (χ0v) is 14.5. The van der Waals surface area contributed by atoms with E-state index in [4.69, 9.17) is 5.73 Å². The molecule has 6 heteroatoms. The fourth-order valence-electron chi connectivity index (χ4n) is 2.97. The topological polar surface area (TPSA) is 75.4 Å². The Morgan fingerprint density at radius 2 is 2.18 bits per heavy atom. The standard InChI is InChI=1S/C16H25N3O2S/c1-5-12-10(4)22-8-13(12)16(21)19-7-11(17)6-14(19)15(20)18-9(2)3/h8-9,11,14H,5-7,17H2,1-4H3,(H,18,20)/t11-,14+/m1/s1. The maximum atomic E-state index is 12.9. The number of hydrogen-bond acceptors (Lipinski definition) is 4. The van der Waals surface area contributed by atoms with E-state index in [0.29, 0.717) is 13.0 Å². The van der Waals surface area contributed by atoms with Gasteiger partial charge in [0.1, 0.15) is 6.04 Å². The molecule has 1 aromatic rings. The highest BCUT2D eigenvalue weighted by Crippen LogP contribution is 2.27. The minimum Gasteiger partial charge on any atom is -0.352 e. The third-order valence-electron chi connectivity index (χ3n) is 4.02. The average molecular weight is 323 g/mol. The van der Waals surface area contributed by atoms with E-state index in [2.05, 4.69) is 5.32 Å². The van der Waals surface area contributed by atoms with Crippen LogP contribution in [0.4, 0.5) is 0 Å². The zero-order valence-electron chi connectivity index (χ0n) is 13.7. The molecule has 0 unspecified atom stereocenters. The van der Waals surface area contributed by atoms with Crippen LogP contribution in [0.2, 0.25) is 0 Å². The molecular weight excluding hydrogens is 298 g/mol. The lowest BCUT2D eigenvalue weighted by Gasteiger charge is -2.25. The lowest BCUT2D eigenvalue weighted by Crippen LogP contribution is -2.47. The highest BCUT2D eigenvalue weighted by Gasteiger charge is 2.39. The Morgan fingerprint density at radius 1 is 1.50 bits per heavy atom. The first-order valence-corrected chi connectivity index (χ1v) is 8.67. The third-order valence-corrected chi connectivity index (χ3v) is 4.97. The predicted octanol–water partition coefficient (Wildman–Crippen LogP) is 1.69. The number of nitrogens with zero attached hydrogens (tertiary/aromatic N) is 1. The van der Waals surface area contributed by atoms with Crippen molar-refractivity contribution in [1.82, 2.24) is 10.2 Å². The second-order valence-corrected chi connectivity index (χ2v) is 7.25. The van der Waals surface area contributed by atoms with Gasteiger partial charge in [-0.25, -0.2) is 0 Å². The summed E-state index contributed by atoms with van der Waals surface area (Å²) in [5.74, 6) is -0.181. The van der Waals surface area contributed by atoms with Gasteiger partial charge in [-0.15, -0.1) is 11.3 Å². The molecule has 122 valence electrons. The van der Waals surface area contributed by atoms with Crippen molar-refractivity contribution in [2.45, 2.75) is 58.7 Å². The fraction of sp³-hybridized carbons (Fsp3) is 0.625. The molecule has 3 N–H and O–H groups in total. The number of thiophene rings is 1. The Bertz CT molecular complexity index is 568. The molecule has 0 bridgehead atoms. The number of amides is 2. The van der Waals surface area contributed by atoms with E-state index in [-0.39, 0.29) is 23.9 Å². The van der Waals surface area contributed by atoms with Gasteiger partial charge in [0.15, 0.2) is 0 Å². The Hall–Kier alpha value is -1.40. The van der Waals surface area contributed by atoms with E-state index in [1.165, 1.54) is 0 Å². The number of nitrogens with one attached hydrogen (secondary N) is 1. The molecule has 22 heavy (non-hydrogen) atoms. The zero-order chi connectivity index (χ0) is 16.4. The van der Waals surface area contributed by atoms with Crippen LogP contribution in [0.15, 0.2) is 5.38 Å². The summed E-state index contributed by atoms with van der Waals surface area (Å²) >= 11 is 1.58. The third kappa shape index (κ3) is 3.33. The first-order valence-electron chi connectivity index (χ1n) is 7.79. The number of nitrogens with two attached hydrogens (primary N) is 1. The number of aryl methyl sites for hydroxylation is 1. The lowest BCUT2D eigenvalue weighted by molar-refractivity contribution is -0.125. The van der Waals surface area contributed by atoms with Crippen molar-refractivity contribution in [2.75, 3.05) is 6.54 Å². The van der Waals surface area contributed by atoms with Crippen LogP contribution < -0.4 is 11.1 Å². The Kier molecular flexibility index (Phi) is 5.24. The molecule has 2 rings (SSSR count). The molecule has 2 heterocycles. The summed E-state index contributed by atoms with van der Waals surface area (Å²) in [5.41, 5.74) is 7.81. The van der Waals surface area contributed by atoms with Crippen LogP contribution in [0.3, 0.4) is 0 Å². The SMILES string of the molecule is CCc1c(C(=O)N2C[C@H](N)C[C@H]2C(=O)NC(C)C)csc1C. The summed E-state index contributed by atoms with van der Waals surface area (Å²) in [6, 6.07) is -0.553. The molecule has 1 fully saturated rings. The number of carbonyl (C=O) groups excluding carboxylic acids is 2. The van der Waals surface area contributed by atoms with Gasteiger partial charge in [0, 0.05) is 28.9 Å². The number of likely N-dealkylation sites (tertiary alicyclic amines) is 1. The summed E-state index contributed by atoms with van der Waals surface area (Å²) in [5, 5.41) is 4.79. The molecule has 0 spiro atoms. The maximum absolute atomic E-state index is 12.9. The quantitative estimate of drug-likeness (QED) is 0.885. The van der Waals surface area contributed by atoms with E-state index < -0.39 is 6.04 Å². The maximum Gasteiger partial charge on any atom is 0.255 e. The highest BCUT2D eigenvalue weighted by molar-refractivity contribution is 7.10. The van der Waals surface area contributed by atoms with Gasteiger partial charge in [-0.05, 0) is 39.2 Å². The van der Waals surface area contributed by atoms with E-state index >= 15 is 0 Å². The van der Waals surface area contributed by atoms with Crippen LogP contribution in [0.1, 0.15) is 48.0 Å². The molecule has 0 radical (unpaired) electrons. The van der Waals surface area contributed by atoms with Gasteiger partial charge in [0.05, 0.1) is 5.56 Å². The van der Waals surface area contributed by atoms with Crippen molar-refractivity contribution in [3.05, 3.63) is 21.4 Å². The number of hydrogen-bond donors (Lipinski definition) is 2. The van der Waals surface area contributed by atoms with Gasteiger partial charge in [0.2, 0.25) is 5.91 Å². The van der Waals surface area contributed by atoms with Crippen molar-refractivity contribution in [1.29, 1.82) is 0 Å². The molecule has 2 amide bonds. The van der Waals surface area contributed by atoms with Crippen molar-refractivity contribution < 1.29 is 9.59 Å². The summed E-state index contributed by atoms with van der Waals surface area (Å²) in [6.07, 6.45) is 1.34. The molecular formula is C16H25N3O2S. The van der Waals surface area contributed by atoms with Crippen molar-refractivity contribution in [2.24, 2.45) is 5.73 Å². The Labute approximate surface area is 135 Å². The van der Waals surface area contributed by atoms with Crippen LogP contribution >= 0.6 is 11.3 Å². The van der Waals surface area contributed by atoms with E-state index in [1.54, 1.807) is 16.2 Å². The summed E-state index contributed by atoms with van der Waals surface area (Å²) < 4.78 is 0. The molecule has 1 aromatic heterocycles. The minimum absolute atomic E-state index is 0.0517. The molecule has 0 aliphatic carbocycles. The van der Waals surface area contributed by atoms with Gasteiger partial charge >= 0.3 is 0 Å². The van der Waals surface area contributed by atoms with Gasteiger partial charge in [-0.2, -0.15) is 0 Å². The average Bonchev–Trinajstić information content (AvgIpc) is 3.00. The highest BCUT2D eigenvalue weighted by atomic mass is 32.1. The van der Waals surface area contributed by atoms with Crippen LogP contribution in [0.5, 0.6) is 0 Å². The largest absolute Gasteiger partial charge is 0.352 e. The first-order chi connectivity index (χ1) is 10.3. The monoisotopic (exact) mass is 323 g/mol. The van der Waals surface area contributed by atoms with Crippen LogP contribution in [0.25, 0.3) is 0 Å². The van der Waals surface area contributed by atoms with E-state index in [9.17, 15) is 9.59 Å².